The normalized spacial score (nSPS) is 13.4. The van der Waals surface area contributed by atoms with E-state index >= 15 is 0 Å². The van der Waals surface area contributed by atoms with Gasteiger partial charge in [0.2, 0.25) is 0 Å². The van der Waals surface area contributed by atoms with Crippen LogP contribution >= 0.6 is 11.6 Å². The first-order valence-corrected chi connectivity index (χ1v) is 9.22. The van der Waals surface area contributed by atoms with Gasteiger partial charge in [-0.2, -0.15) is 0 Å². The zero-order chi connectivity index (χ0) is 18.8. The number of anilines is 1. The van der Waals surface area contributed by atoms with Crippen molar-refractivity contribution in [1.29, 1.82) is 0 Å². The van der Waals surface area contributed by atoms with E-state index in [-0.39, 0.29) is 23.7 Å². The average molecular weight is 375 g/mol. The maximum absolute atomic E-state index is 12.8. The van der Waals surface area contributed by atoms with Gasteiger partial charge in [-0.1, -0.05) is 17.7 Å². The Balaban J connectivity index is 1.91. The molecule has 2 heterocycles. The summed E-state index contributed by atoms with van der Waals surface area (Å²) in [6.07, 6.45) is 2.70. The smallest absolute Gasteiger partial charge is 0.291 e. The fourth-order valence-corrected chi connectivity index (χ4v) is 3.27. The molecule has 2 N–H and O–H groups in total. The number of rotatable bonds is 4. The van der Waals surface area contributed by atoms with Crippen molar-refractivity contribution < 1.29 is 9.59 Å². The minimum atomic E-state index is -0.336. The molecule has 2 aromatic rings. The summed E-state index contributed by atoms with van der Waals surface area (Å²) >= 11 is 6.13. The molecule has 2 amide bonds. The summed E-state index contributed by atoms with van der Waals surface area (Å²) in [6.45, 7) is 6.39. The van der Waals surface area contributed by atoms with Crippen LogP contribution in [0.1, 0.15) is 59.1 Å². The van der Waals surface area contributed by atoms with E-state index in [1.165, 1.54) is 0 Å². The summed E-state index contributed by atoms with van der Waals surface area (Å²) in [4.78, 5) is 29.6. The van der Waals surface area contributed by atoms with Gasteiger partial charge in [-0.25, -0.2) is 4.98 Å². The summed E-state index contributed by atoms with van der Waals surface area (Å²) in [5, 5.41) is 6.28. The van der Waals surface area contributed by atoms with Gasteiger partial charge in [0.25, 0.3) is 11.8 Å². The molecule has 138 valence electrons. The van der Waals surface area contributed by atoms with Gasteiger partial charge in [-0.3, -0.25) is 9.59 Å². The number of fused-ring (bicyclic) bond motifs is 1. The number of carbonyl (C=O) groups excluding carboxylic acids is 2. The Kier molecular flexibility index (Phi) is 5.32. The molecule has 26 heavy (non-hydrogen) atoms. The molecule has 1 aromatic carbocycles. The summed E-state index contributed by atoms with van der Waals surface area (Å²) < 4.78 is 1.86. The van der Waals surface area contributed by atoms with Gasteiger partial charge in [0.15, 0.2) is 5.82 Å². The number of halogens is 1. The maximum atomic E-state index is 12.8. The highest BCUT2D eigenvalue weighted by Gasteiger charge is 2.27. The lowest BCUT2D eigenvalue weighted by molar-refractivity contribution is 0.0937. The van der Waals surface area contributed by atoms with E-state index in [9.17, 15) is 9.59 Å². The van der Waals surface area contributed by atoms with E-state index in [1.54, 1.807) is 12.1 Å². The van der Waals surface area contributed by atoms with Gasteiger partial charge in [0.1, 0.15) is 5.69 Å². The first-order valence-electron chi connectivity index (χ1n) is 8.84. The Morgan fingerprint density at radius 2 is 2.00 bits per heavy atom. The van der Waals surface area contributed by atoms with Crippen LogP contribution in [0.25, 0.3) is 0 Å². The molecule has 7 heteroatoms. The Morgan fingerprint density at radius 1 is 1.23 bits per heavy atom. The lowest BCUT2D eigenvalue weighted by Gasteiger charge is -2.17. The Bertz CT molecular complexity index is 857. The second-order valence-corrected chi connectivity index (χ2v) is 7.29. The van der Waals surface area contributed by atoms with Crippen LogP contribution < -0.4 is 10.6 Å². The summed E-state index contributed by atoms with van der Waals surface area (Å²) in [5.74, 6) is -0.301. The van der Waals surface area contributed by atoms with Crippen molar-refractivity contribution in [3.63, 3.8) is 0 Å². The number of nitrogens with zero attached hydrogens (tertiary/aromatic N) is 2. The number of carbonyl (C=O) groups is 2. The topological polar surface area (TPSA) is 76.0 Å². The Morgan fingerprint density at radius 3 is 2.69 bits per heavy atom. The third-order valence-electron chi connectivity index (χ3n) is 4.39. The number of hydrogen-bond acceptors (Lipinski definition) is 3. The van der Waals surface area contributed by atoms with Gasteiger partial charge in [-0.15, -0.1) is 0 Å². The molecule has 1 aliphatic heterocycles. The molecule has 0 fully saturated rings. The maximum Gasteiger partial charge on any atom is 0.291 e. The van der Waals surface area contributed by atoms with Crippen molar-refractivity contribution in [3.05, 3.63) is 46.0 Å². The number of aromatic nitrogens is 2. The fraction of sp³-hybridized carbons (Fsp3) is 0.421. The van der Waals surface area contributed by atoms with Crippen molar-refractivity contribution in [2.45, 2.75) is 52.6 Å². The lowest BCUT2D eigenvalue weighted by Crippen LogP contribution is -2.31. The van der Waals surface area contributed by atoms with Crippen LogP contribution in [-0.2, 0) is 13.0 Å². The van der Waals surface area contributed by atoms with Crippen LogP contribution in [-0.4, -0.2) is 27.4 Å². The van der Waals surface area contributed by atoms with Crippen molar-refractivity contribution >= 4 is 29.1 Å². The van der Waals surface area contributed by atoms with Crippen LogP contribution in [0, 0.1) is 6.92 Å². The quantitative estimate of drug-likeness (QED) is 0.858. The van der Waals surface area contributed by atoms with Crippen LogP contribution in [0.3, 0.4) is 0 Å². The largest absolute Gasteiger partial charge is 0.348 e. The number of hydrogen-bond donors (Lipinski definition) is 2. The number of nitrogens with one attached hydrogen (secondary N) is 2. The van der Waals surface area contributed by atoms with Gasteiger partial charge in [0, 0.05) is 23.3 Å². The highest BCUT2D eigenvalue weighted by molar-refractivity contribution is 6.31. The molecule has 0 radical (unpaired) electrons. The number of imidazole rings is 1. The second-order valence-electron chi connectivity index (χ2n) is 6.89. The highest BCUT2D eigenvalue weighted by atomic mass is 35.5. The van der Waals surface area contributed by atoms with Crippen molar-refractivity contribution in [2.24, 2.45) is 0 Å². The molecule has 0 atom stereocenters. The molecule has 0 aliphatic carbocycles. The SMILES string of the molecule is Cc1ccc(NC(=O)c2nc(C(=O)NC(C)C)c3n2CCCC3)cc1Cl. The molecule has 0 bridgehead atoms. The molecule has 1 aromatic heterocycles. The minimum Gasteiger partial charge on any atom is -0.348 e. The molecular weight excluding hydrogens is 352 g/mol. The molecule has 0 saturated heterocycles. The summed E-state index contributed by atoms with van der Waals surface area (Å²) in [7, 11) is 0. The molecule has 0 unspecified atom stereocenters. The molecule has 6 nitrogen and oxygen atoms in total. The first-order chi connectivity index (χ1) is 12.4. The van der Waals surface area contributed by atoms with Gasteiger partial charge < -0.3 is 15.2 Å². The van der Waals surface area contributed by atoms with Crippen LogP contribution in [0.4, 0.5) is 5.69 Å². The molecule has 0 saturated carbocycles. The summed E-state index contributed by atoms with van der Waals surface area (Å²) in [6, 6.07) is 5.36. The molecule has 0 spiro atoms. The van der Waals surface area contributed by atoms with Crippen LogP contribution in [0.2, 0.25) is 5.02 Å². The van der Waals surface area contributed by atoms with E-state index in [4.69, 9.17) is 11.6 Å². The average Bonchev–Trinajstić information content (AvgIpc) is 2.97. The number of benzene rings is 1. The summed E-state index contributed by atoms with van der Waals surface area (Å²) in [5.41, 5.74) is 2.73. The van der Waals surface area contributed by atoms with E-state index < -0.39 is 0 Å². The van der Waals surface area contributed by atoms with E-state index in [1.807, 2.05) is 31.4 Å². The van der Waals surface area contributed by atoms with Crippen molar-refractivity contribution in [1.82, 2.24) is 14.9 Å². The number of aryl methyl sites for hydroxylation is 1. The van der Waals surface area contributed by atoms with Gasteiger partial charge in [-0.05, 0) is 57.7 Å². The Labute approximate surface area is 157 Å². The van der Waals surface area contributed by atoms with E-state index in [0.717, 1.165) is 30.5 Å². The van der Waals surface area contributed by atoms with E-state index in [0.29, 0.717) is 22.9 Å². The predicted molar refractivity (Wildman–Crippen MR) is 102 cm³/mol. The minimum absolute atomic E-state index is 0.00965. The monoisotopic (exact) mass is 374 g/mol. The van der Waals surface area contributed by atoms with Crippen LogP contribution in [0.5, 0.6) is 0 Å². The molecule has 1 aliphatic rings. The first kappa shape index (κ1) is 18.5. The third-order valence-corrected chi connectivity index (χ3v) is 4.79. The van der Waals surface area contributed by atoms with Gasteiger partial charge in [0.05, 0.1) is 5.69 Å². The fourth-order valence-electron chi connectivity index (χ4n) is 3.09. The number of amides is 2. The van der Waals surface area contributed by atoms with Crippen LogP contribution in [0.15, 0.2) is 18.2 Å². The molecular formula is C19H23ClN4O2. The standard InChI is InChI=1S/C19H23ClN4O2/c1-11(2)21-18(25)16-15-6-4-5-9-24(15)17(23-16)19(26)22-13-8-7-12(3)14(20)10-13/h7-8,10-11H,4-6,9H2,1-3H3,(H,21,25)(H,22,26). The third kappa shape index (κ3) is 3.75. The lowest BCUT2D eigenvalue weighted by atomic mass is 10.1. The van der Waals surface area contributed by atoms with Gasteiger partial charge >= 0.3 is 0 Å². The highest BCUT2D eigenvalue weighted by Crippen LogP contribution is 2.23. The van der Waals surface area contributed by atoms with Crippen molar-refractivity contribution in [3.8, 4) is 0 Å². The second kappa shape index (κ2) is 7.50. The zero-order valence-corrected chi connectivity index (χ0v) is 16.0. The Hall–Kier alpha value is -2.34. The zero-order valence-electron chi connectivity index (χ0n) is 15.2. The van der Waals surface area contributed by atoms with Crippen molar-refractivity contribution in [2.75, 3.05) is 5.32 Å². The predicted octanol–water partition coefficient (Wildman–Crippen LogP) is 3.57. The molecule has 3 rings (SSSR count). The van der Waals surface area contributed by atoms with E-state index in [2.05, 4.69) is 15.6 Å².